The Balaban J connectivity index is -0.000000907. The van der Waals surface area contributed by atoms with E-state index in [0.717, 1.165) is 64.2 Å². The Morgan fingerprint density at radius 1 is 0.482 bits per heavy atom. The quantitative estimate of drug-likeness (QED) is 0.243. The molecule has 0 atom stereocenters. The van der Waals surface area contributed by atoms with Crippen molar-refractivity contribution in [1.29, 1.82) is 0 Å². The van der Waals surface area contributed by atoms with E-state index in [2.05, 4.69) is 120 Å². The van der Waals surface area contributed by atoms with Crippen LogP contribution >= 0.6 is 0 Å². The molecule has 4 saturated heterocycles. The maximum Gasteiger partial charge on any atom is 3.00 e. The largest absolute Gasteiger partial charge is 3.00 e. The van der Waals surface area contributed by atoms with Crippen LogP contribution in [0.25, 0.3) is 0 Å². The number of anilines is 2. The van der Waals surface area contributed by atoms with E-state index in [9.17, 15) is 4.79 Å². The Labute approximate surface area is 404 Å². The van der Waals surface area contributed by atoms with Crippen molar-refractivity contribution in [1.82, 2.24) is 0 Å². The van der Waals surface area contributed by atoms with Crippen LogP contribution in [0, 0.1) is 40.4 Å². The number of halogens is 3. The molecule has 1 radical (unpaired) electrons. The number of nitrogens with zero attached hydrogens (tertiary/aromatic N) is 2. The molecule has 0 unspecified atom stereocenters. The van der Waals surface area contributed by atoms with Crippen LogP contribution in [0.1, 0.15) is 153 Å². The van der Waals surface area contributed by atoms with Crippen molar-refractivity contribution in [2.24, 2.45) is 0 Å². The van der Waals surface area contributed by atoms with Gasteiger partial charge in [-0.25, -0.2) is 6.19 Å². The van der Waals surface area contributed by atoms with Crippen LogP contribution in [0.2, 0.25) is 0 Å². The van der Waals surface area contributed by atoms with Crippen molar-refractivity contribution in [3.63, 3.8) is 0 Å². The number of para-hydroxylation sites is 2. The Kier molecular flexibility index (Phi) is 37.6. The summed E-state index contributed by atoms with van der Waals surface area (Å²) >= 11 is 0. The first kappa shape index (κ1) is 60.5. The maximum atomic E-state index is 12.5. The van der Waals surface area contributed by atoms with Crippen LogP contribution in [0.15, 0.2) is 48.8 Å². The normalized spacial score (nSPS) is 16.4. The molecular formula is C43H68BCl3LiN2O5Sm. The third kappa shape index (κ3) is 20.1. The Morgan fingerprint density at radius 2 is 0.696 bits per heavy atom. The van der Waals surface area contributed by atoms with E-state index in [1.165, 1.54) is 73.6 Å². The van der Waals surface area contributed by atoms with E-state index < -0.39 is 6.98 Å². The van der Waals surface area contributed by atoms with Crippen LogP contribution in [0.4, 0.5) is 11.4 Å². The van der Waals surface area contributed by atoms with Crippen molar-refractivity contribution in [2.75, 3.05) is 62.5 Å². The van der Waals surface area contributed by atoms with Gasteiger partial charge in [0.1, 0.15) is 0 Å². The first-order chi connectivity index (χ1) is 24.7. The maximum absolute atomic E-state index is 12.5. The van der Waals surface area contributed by atoms with Crippen molar-refractivity contribution >= 4 is 24.5 Å². The molecule has 2 aromatic rings. The third-order valence-corrected chi connectivity index (χ3v) is 9.53. The van der Waals surface area contributed by atoms with Crippen LogP contribution in [-0.4, -0.2) is 66.0 Å². The van der Waals surface area contributed by atoms with E-state index in [4.69, 9.17) is 18.9 Å². The van der Waals surface area contributed by atoms with E-state index in [-0.39, 0.29) is 96.5 Å². The SMILES string of the molecule is C1CCOC1.C1CCOC1.C1CCOC1.C1CCOC1.CC(C)c1cccc(C(C)C)c1N1C=CN(c2c(C(C)C)cccc2C(C)C)B1[C-]=O.[Cl-].[Cl-].[Cl-].[Li+].[Sm+3]. The molecule has 5 aliphatic rings. The molecule has 0 spiro atoms. The predicted molar refractivity (Wildman–Crippen MR) is 215 cm³/mol. The van der Waals surface area contributed by atoms with E-state index >= 15 is 0 Å². The van der Waals surface area contributed by atoms with Gasteiger partial charge in [-0.1, -0.05) is 91.8 Å². The van der Waals surface area contributed by atoms with Gasteiger partial charge >= 0.3 is 59.2 Å². The minimum atomic E-state index is -0.519. The van der Waals surface area contributed by atoms with Crippen LogP contribution in [0.5, 0.6) is 0 Å². The Morgan fingerprint density at radius 3 is 0.839 bits per heavy atom. The minimum Gasteiger partial charge on any atom is -1.00 e. The monoisotopic (exact) mass is 967 g/mol. The Hall–Kier alpha value is 0.160. The number of rotatable bonds is 7. The molecule has 0 saturated carbocycles. The van der Waals surface area contributed by atoms with Crippen LogP contribution in [0.3, 0.4) is 0 Å². The van der Waals surface area contributed by atoms with Crippen molar-refractivity contribution in [3.8, 4) is 0 Å². The summed E-state index contributed by atoms with van der Waals surface area (Å²) in [4.78, 5) is 16.7. The van der Waals surface area contributed by atoms with Crippen molar-refractivity contribution in [2.45, 2.75) is 130 Å². The molecule has 56 heavy (non-hydrogen) atoms. The molecule has 13 heteroatoms. The standard InChI is InChI=1S/C27H36BN2O.4C4H8O.3ClH.Li.Sm/c1-18(2)22-11-9-12-23(19(3)4)26(22)29-15-16-30(28(29)17-31)27-24(20(5)6)13-10-14-25(27)21(7)8;4*1-2-4-5-3-1;;;;;/h9-16,18-21H,1-8H3;4*1-4H2;3*1H;;/q-1;;;;;;;;+1;+3/p-3. The average molecular weight is 967 g/mol. The molecule has 5 heterocycles. The zero-order valence-corrected chi connectivity index (χ0v) is 40.7. The summed E-state index contributed by atoms with van der Waals surface area (Å²) in [5.41, 5.74) is 7.34. The topological polar surface area (TPSA) is 60.5 Å². The fraction of sp³-hybridized carbons (Fsp3) is 0.651. The van der Waals surface area contributed by atoms with E-state index in [0.29, 0.717) is 23.7 Å². The summed E-state index contributed by atoms with van der Waals surface area (Å²) in [6.07, 6.45) is 16.7. The zero-order valence-electron chi connectivity index (χ0n) is 35.8. The molecule has 0 aliphatic carbocycles. The number of hydrogen-bond acceptors (Lipinski definition) is 7. The second kappa shape index (κ2) is 34.8. The van der Waals surface area contributed by atoms with Crippen LogP contribution in [-0.2, 0) is 23.7 Å². The molecule has 7 nitrogen and oxygen atoms in total. The van der Waals surface area contributed by atoms with Crippen molar-refractivity contribution < 1.29 is 120 Å². The van der Waals surface area contributed by atoms with Gasteiger partial charge in [-0.2, -0.15) is 0 Å². The Bertz CT molecular complexity index is 1120. The first-order valence-electron chi connectivity index (χ1n) is 19.9. The van der Waals surface area contributed by atoms with Crippen molar-refractivity contribution in [3.05, 3.63) is 71.1 Å². The first-order valence-corrected chi connectivity index (χ1v) is 19.9. The summed E-state index contributed by atoms with van der Waals surface area (Å²) in [6, 6.07) is 13.0. The summed E-state index contributed by atoms with van der Waals surface area (Å²) in [7, 11) is 0. The third-order valence-electron chi connectivity index (χ3n) is 9.53. The molecule has 0 aromatic heterocycles. The minimum absolute atomic E-state index is 0. The second-order valence-corrected chi connectivity index (χ2v) is 15.1. The molecular weight excluding hydrogens is 899 g/mol. The molecule has 4 fully saturated rings. The van der Waals surface area contributed by atoms with Gasteiger partial charge < -0.3 is 70.6 Å². The molecule has 311 valence electrons. The molecule has 7 rings (SSSR count). The summed E-state index contributed by atoms with van der Waals surface area (Å²) < 4.78 is 19.8. The molecule has 5 aliphatic heterocycles. The fourth-order valence-electron chi connectivity index (χ4n) is 6.61. The van der Waals surface area contributed by atoms with Gasteiger partial charge in [-0.15, -0.1) is 0 Å². The predicted octanol–water partition coefficient (Wildman–Crippen LogP) is -1.68. The number of carbonyl (C=O) groups excluding carboxylic acids is 1. The van der Waals surface area contributed by atoms with Gasteiger partial charge in [-0.05, 0) is 97.3 Å². The van der Waals surface area contributed by atoms with Gasteiger partial charge in [0.25, 0.3) is 0 Å². The molecule has 0 bridgehead atoms. The average Bonchev–Trinajstić information content (AvgIpc) is 3.97. The number of ether oxygens (including phenoxy) is 4. The fourth-order valence-corrected chi connectivity index (χ4v) is 6.61. The van der Waals surface area contributed by atoms with Gasteiger partial charge in [0.05, 0.1) is 0 Å². The molecule has 2 aromatic carbocycles. The smallest absolute Gasteiger partial charge is 1.00 e. The second-order valence-electron chi connectivity index (χ2n) is 15.1. The van der Waals surface area contributed by atoms with Gasteiger partial charge in [0.15, 0.2) is 0 Å². The summed E-state index contributed by atoms with van der Waals surface area (Å²) in [5.74, 6) is 1.44. The molecule has 0 N–H and O–H groups in total. The van der Waals surface area contributed by atoms with E-state index in [1.54, 1.807) is 0 Å². The van der Waals surface area contributed by atoms with E-state index in [1.807, 2.05) is 0 Å². The summed E-state index contributed by atoms with van der Waals surface area (Å²) in [5, 5.41) is 0. The van der Waals surface area contributed by atoms with Gasteiger partial charge in [-0.3, -0.25) is 0 Å². The number of benzene rings is 2. The molecule has 0 amide bonds. The van der Waals surface area contributed by atoms with Gasteiger partial charge in [0.2, 0.25) is 6.98 Å². The van der Waals surface area contributed by atoms with Gasteiger partial charge in [0, 0.05) is 76.6 Å². The van der Waals surface area contributed by atoms with Crippen LogP contribution < -0.4 is 65.7 Å². The summed E-state index contributed by atoms with van der Waals surface area (Å²) in [6.45, 7) is 25.2. The number of hydrogen-bond donors (Lipinski definition) is 0. The zero-order chi connectivity index (χ0) is 37.0.